The smallest absolute Gasteiger partial charge is 0.336 e. The maximum Gasteiger partial charge on any atom is 0.336 e. The van der Waals surface area contributed by atoms with Crippen LogP contribution in [0.3, 0.4) is 0 Å². The van der Waals surface area contributed by atoms with Gasteiger partial charge in [-0.1, -0.05) is 12.5 Å². The summed E-state index contributed by atoms with van der Waals surface area (Å²) >= 11 is 6.83. The summed E-state index contributed by atoms with van der Waals surface area (Å²) in [6.45, 7) is 2.04. The zero-order valence-corrected chi connectivity index (χ0v) is 20.0. The first-order valence-corrected chi connectivity index (χ1v) is 12.6. The molecule has 0 spiro atoms. The molecule has 1 aliphatic carbocycles. The molecule has 1 saturated carbocycles. The summed E-state index contributed by atoms with van der Waals surface area (Å²) in [5.74, 6) is -0.782. The van der Waals surface area contributed by atoms with E-state index < -0.39 is 15.9 Å². The standard InChI is InChI=1S/C20H25N3O5S3/c1-4-28-19(25)16-14-9-6-10-15(14)30-18(16)22-20(29)21-17(24)12-7-5-8-13(11-12)31(26,27)23(2)3/h5,7-8,11,14-15H,4,6,9-10H2,1-3H3,(H2,21,22,24,29). The van der Waals surface area contributed by atoms with Crippen LogP contribution in [0.4, 0.5) is 0 Å². The Morgan fingerprint density at radius 2 is 2.03 bits per heavy atom. The number of sulfonamides is 1. The van der Waals surface area contributed by atoms with Crippen LogP contribution in [0.25, 0.3) is 0 Å². The largest absolute Gasteiger partial charge is 0.463 e. The molecule has 168 valence electrons. The molecule has 8 nitrogen and oxygen atoms in total. The second-order valence-electron chi connectivity index (χ2n) is 7.38. The van der Waals surface area contributed by atoms with Gasteiger partial charge < -0.3 is 10.1 Å². The van der Waals surface area contributed by atoms with E-state index in [0.29, 0.717) is 15.9 Å². The van der Waals surface area contributed by atoms with Gasteiger partial charge >= 0.3 is 5.97 Å². The number of thiocarbonyl (C=S) groups is 1. The van der Waals surface area contributed by atoms with Crippen LogP contribution >= 0.6 is 24.0 Å². The monoisotopic (exact) mass is 483 g/mol. The highest BCUT2D eigenvalue weighted by atomic mass is 32.2. The third-order valence-electron chi connectivity index (χ3n) is 5.16. The molecule has 0 saturated heterocycles. The number of esters is 1. The molecule has 0 bridgehead atoms. The van der Waals surface area contributed by atoms with Crippen molar-refractivity contribution in [2.75, 3.05) is 20.7 Å². The quantitative estimate of drug-likeness (QED) is 0.469. The average Bonchev–Trinajstić information content (AvgIpc) is 3.28. The zero-order valence-electron chi connectivity index (χ0n) is 17.5. The molecule has 0 radical (unpaired) electrons. The SMILES string of the molecule is CCOC(=O)C1=C(NC(=S)NC(=O)c2cccc(S(=O)(=O)N(C)C)c2)SC2CCCC12. The maximum atomic E-state index is 12.6. The van der Waals surface area contributed by atoms with E-state index in [4.69, 9.17) is 17.0 Å². The lowest BCUT2D eigenvalue weighted by atomic mass is 9.98. The lowest BCUT2D eigenvalue weighted by Crippen LogP contribution is -2.38. The topological polar surface area (TPSA) is 105 Å². The molecule has 3 rings (SSSR count). The number of nitrogens with zero attached hydrogens (tertiary/aromatic N) is 1. The number of rotatable bonds is 6. The van der Waals surface area contributed by atoms with E-state index in [1.54, 1.807) is 18.7 Å². The van der Waals surface area contributed by atoms with Gasteiger partial charge in [-0.2, -0.15) is 0 Å². The summed E-state index contributed by atoms with van der Waals surface area (Å²) in [5, 5.41) is 6.49. The Balaban J connectivity index is 1.74. The van der Waals surface area contributed by atoms with E-state index in [1.165, 1.54) is 38.4 Å². The van der Waals surface area contributed by atoms with Crippen molar-refractivity contribution in [3.05, 3.63) is 40.4 Å². The Kier molecular flexibility index (Phi) is 7.40. The molecular weight excluding hydrogens is 458 g/mol. The normalized spacial score (nSPS) is 20.5. The Bertz CT molecular complexity index is 1040. The molecule has 1 amide bonds. The van der Waals surface area contributed by atoms with Crippen LogP contribution in [0, 0.1) is 5.92 Å². The molecule has 11 heteroatoms. The van der Waals surface area contributed by atoms with E-state index in [1.807, 2.05) is 0 Å². The average molecular weight is 484 g/mol. The minimum Gasteiger partial charge on any atom is -0.463 e. The molecule has 0 aromatic heterocycles. The summed E-state index contributed by atoms with van der Waals surface area (Å²) in [4.78, 5) is 25.1. The summed E-state index contributed by atoms with van der Waals surface area (Å²) in [6, 6.07) is 5.72. The maximum absolute atomic E-state index is 12.6. The molecule has 1 fully saturated rings. The van der Waals surface area contributed by atoms with Crippen LogP contribution in [0.5, 0.6) is 0 Å². The van der Waals surface area contributed by atoms with Gasteiger partial charge in [0.15, 0.2) is 5.11 Å². The van der Waals surface area contributed by atoms with Crippen LogP contribution < -0.4 is 10.6 Å². The number of ether oxygens (including phenoxy) is 1. The molecule has 2 atom stereocenters. The van der Waals surface area contributed by atoms with Crippen molar-refractivity contribution in [3.63, 3.8) is 0 Å². The summed E-state index contributed by atoms with van der Waals surface area (Å²) < 4.78 is 30.9. The Labute approximate surface area is 191 Å². The second-order valence-corrected chi connectivity index (χ2v) is 11.2. The number of carbonyl (C=O) groups is 2. The van der Waals surface area contributed by atoms with Gasteiger partial charge in [0.25, 0.3) is 5.91 Å². The highest BCUT2D eigenvalue weighted by Crippen LogP contribution is 2.49. The van der Waals surface area contributed by atoms with Gasteiger partial charge in [0, 0.05) is 30.8 Å². The predicted octanol–water partition coefficient (Wildman–Crippen LogP) is 2.23. The highest BCUT2D eigenvalue weighted by molar-refractivity contribution is 8.04. The number of hydrogen-bond donors (Lipinski definition) is 2. The second kappa shape index (κ2) is 9.68. The van der Waals surface area contributed by atoms with Crippen LogP contribution in [-0.2, 0) is 19.6 Å². The first-order chi connectivity index (χ1) is 14.6. The molecule has 1 heterocycles. The Morgan fingerprint density at radius 1 is 1.29 bits per heavy atom. The van der Waals surface area contributed by atoms with E-state index in [0.717, 1.165) is 23.6 Å². The minimum atomic E-state index is -3.67. The van der Waals surface area contributed by atoms with Crippen molar-refractivity contribution in [1.29, 1.82) is 0 Å². The van der Waals surface area contributed by atoms with Crippen LogP contribution in [0.2, 0.25) is 0 Å². The molecule has 2 N–H and O–H groups in total. The Morgan fingerprint density at radius 3 is 2.71 bits per heavy atom. The molecule has 2 unspecified atom stereocenters. The lowest BCUT2D eigenvalue weighted by Gasteiger charge is -2.14. The third-order valence-corrected chi connectivity index (χ3v) is 8.60. The van der Waals surface area contributed by atoms with Crippen molar-refractivity contribution in [2.45, 2.75) is 36.3 Å². The van der Waals surface area contributed by atoms with Crippen molar-refractivity contribution >= 4 is 51.0 Å². The molecule has 2 aliphatic rings. The summed E-state index contributed by atoms with van der Waals surface area (Å²) in [5.41, 5.74) is 0.743. The van der Waals surface area contributed by atoms with Gasteiger partial charge in [-0.3, -0.25) is 10.1 Å². The molecule has 1 aromatic rings. The minimum absolute atomic E-state index is 0.00973. The number of hydrogen-bond acceptors (Lipinski definition) is 7. The van der Waals surface area contributed by atoms with Gasteiger partial charge in [0.1, 0.15) is 0 Å². The van der Waals surface area contributed by atoms with E-state index in [-0.39, 0.29) is 34.1 Å². The van der Waals surface area contributed by atoms with Crippen LogP contribution in [-0.4, -0.2) is 55.7 Å². The van der Waals surface area contributed by atoms with Gasteiger partial charge in [-0.25, -0.2) is 17.5 Å². The fourth-order valence-corrected chi connectivity index (χ4v) is 6.40. The number of thioether (sulfide) groups is 1. The number of fused-ring (bicyclic) bond motifs is 1. The zero-order chi connectivity index (χ0) is 22.8. The van der Waals surface area contributed by atoms with Crippen molar-refractivity contribution < 1.29 is 22.7 Å². The third kappa shape index (κ3) is 5.11. The molecule has 1 aliphatic heterocycles. The van der Waals surface area contributed by atoms with Gasteiger partial charge in [0.05, 0.1) is 22.1 Å². The van der Waals surface area contributed by atoms with Crippen molar-refractivity contribution in [1.82, 2.24) is 14.9 Å². The van der Waals surface area contributed by atoms with E-state index in [9.17, 15) is 18.0 Å². The summed E-state index contributed by atoms with van der Waals surface area (Å²) in [6.07, 6.45) is 2.99. The number of benzene rings is 1. The summed E-state index contributed by atoms with van der Waals surface area (Å²) in [7, 11) is -0.826. The van der Waals surface area contributed by atoms with E-state index >= 15 is 0 Å². The molecular formula is C20H25N3O5S3. The predicted molar refractivity (Wildman–Crippen MR) is 123 cm³/mol. The first-order valence-electron chi connectivity index (χ1n) is 9.88. The number of amides is 1. The van der Waals surface area contributed by atoms with Gasteiger partial charge in [-0.15, -0.1) is 11.8 Å². The number of carbonyl (C=O) groups excluding carboxylic acids is 2. The van der Waals surface area contributed by atoms with Crippen LogP contribution in [0.1, 0.15) is 36.5 Å². The fraction of sp³-hybridized carbons (Fsp3) is 0.450. The fourth-order valence-electron chi connectivity index (χ4n) is 3.65. The van der Waals surface area contributed by atoms with E-state index in [2.05, 4.69) is 10.6 Å². The van der Waals surface area contributed by atoms with Crippen LogP contribution in [0.15, 0.2) is 39.8 Å². The van der Waals surface area contributed by atoms with Crippen molar-refractivity contribution in [2.24, 2.45) is 5.92 Å². The van der Waals surface area contributed by atoms with Gasteiger partial charge in [-0.05, 0) is 50.2 Å². The molecule has 31 heavy (non-hydrogen) atoms. The number of nitrogens with one attached hydrogen (secondary N) is 2. The lowest BCUT2D eigenvalue weighted by molar-refractivity contribution is -0.139. The molecule has 1 aromatic carbocycles. The van der Waals surface area contributed by atoms with Gasteiger partial charge in [0.2, 0.25) is 10.0 Å². The first kappa shape index (κ1) is 23.7. The van der Waals surface area contributed by atoms with Crippen molar-refractivity contribution in [3.8, 4) is 0 Å². The highest BCUT2D eigenvalue weighted by Gasteiger charge is 2.43. The Hall–Kier alpha value is -1.95.